The van der Waals surface area contributed by atoms with Gasteiger partial charge in [0.2, 0.25) is 0 Å². The van der Waals surface area contributed by atoms with Crippen LogP contribution in [0.2, 0.25) is 0 Å². The lowest BCUT2D eigenvalue weighted by Gasteiger charge is -2.33. The van der Waals surface area contributed by atoms with Gasteiger partial charge in [-0.3, -0.25) is 0 Å². The summed E-state index contributed by atoms with van der Waals surface area (Å²) in [5.74, 6) is 0.483. The van der Waals surface area contributed by atoms with Crippen molar-refractivity contribution in [3.8, 4) is 0 Å². The molecule has 1 fully saturated rings. The third-order valence-corrected chi connectivity index (χ3v) is 4.67. The number of halogens is 2. The van der Waals surface area contributed by atoms with Crippen LogP contribution in [0.15, 0.2) is 24.3 Å². The van der Waals surface area contributed by atoms with E-state index in [4.69, 9.17) is 4.74 Å². The van der Waals surface area contributed by atoms with Gasteiger partial charge < -0.3 is 4.74 Å². The molecule has 0 heterocycles. The summed E-state index contributed by atoms with van der Waals surface area (Å²) in [6.45, 7) is 2.24. The molecule has 1 saturated carbocycles. The summed E-state index contributed by atoms with van der Waals surface area (Å²) in [7, 11) is 0. The molecular weight excluding hydrogens is 307 g/mol. The minimum atomic E-state index is -0.193. The molecule has 2 rings (SSSR count). The van der Waals surface area contributed by atoms with Gasteiger partial charge in [-0.2, -0.15) is 0 Å². The quantitative estimate of drug-likeness (QED) is 0.671. The normalized spacial score (nSPS) is 25.2. The SMILES string of the molecule is CCC1CCCCC1OC(CBr)c1ccc(F)cc1. The molecule has 106 valence electrons. The fraction of sp³-hybridized carbons (Fsp3) is 0.625. The first-order valence-electron chi connectivity index (χ1n) is 7.21. The standard InChI is InChI=1S/C16H22BrFO/c1-2-12-5-3-4-6-15(12)19-16(11-17)13-7-9-14(18)10-8-13/h7-10,12,15-16H,2-6,11H2,1H3. The average molecular weight is 329 g/mol. The number of hydrogen-bond donors (Lipinski definition) is 0. The van der Waals surface area contributed by atoms with Gasteiger partial charge in [-0.25, -0.2) is 4.39 Å². The highest BCUT2D eigenvalue weighted by atomic mass is 79.9. The van der Waals surface area contributed by atoms with E-state index in [1.54, 1.807) is 0 Å². The van der Waals surface area contributed by atoms with Crippen LogP contribution in [-0.2, 0) is 4.74 Å². The second-order valence-corrected chi connectivity index (χ2v) is 5.97. The topological polar surface area (TPSA) is 9.23 Å². The van der Waals surface area contributed by atoms with Crippen LogP contribution in [0.4, 0.5) is 4.39 Å². The Hall–Kier alpha value is -0.410. The van der Waals surface area contributed by atoms with Crippen molar-refractivity contribution in [3.05, 3.63) is 35.6 Å². The Balaban J connectivity index is 2.03. The first-order valence-corrected chi connectivity index (χ1v) is 8.33. The van der Waals surface area contributed by atoms with Gasteiger partial charge in [-0.1, -0.05) is 54.2 Å². The molecule has 0 aliphatic heterocycles. The summed E-state index contributed by atoms with van der Waals surface area (Å²) < 4.78 is 19.3. The minimum absolute atomic E-state index is 0.0257. The smallest absolute Gasteiger partial charge is 0.123 e. The second-order valence-electron chi connectivity index (χ2n) is 5.32. The zero-order valence-corrected chi connectivity index (χ0v) is 13.0. The lowest BCUT2D eigenvalue weighted by molar-refractivity contribution is -0.0524. The molecule has 1 aliphatic carbocycles. The Morgan fingerprint density at radius 1 is 1.26 bits per heavy atom. The van der Waals surface area contributed by atoms with Crippen LogP contribution in [0.3, 0.4) is 0 Å². The van der Waals surface area contributed by atoms with Crippen LogP contribution in [-0.4, -0.2) is 11.4 Å². The molecule has 3 atom stereocenters. The second kappa shape index (κ2) is 7.39. The average Bonchev–Trinajstić information content (AvgIpc) is 2.46. The van der Waals surface area contributed by atoms with Crippen molar-refractivity contribution in [1.82, 2.24) is 0 Å². The monoisotopic (exact) mass is 328 g/mol. The van der Waals surface area contributed by atoms with Gasteiger partial charge in [-0.05, 0) is 36.5 Å². The van der Waals surface area contributed by atoms with Gasteiger partial charge in [0.25, 0.3) is 0 Å². The third kappa shape index (κ3) is 4.03. The van der Waals surface area contributed by atoms with E-state index in [0.29, 0.717) is 12.0 Å². The molecule has 3 heteroatoms. The Morgan fingerprint density at radius 3 is 2.58 bits per heavy atom. The molecule has 0 bridgehead atoms. The van der Waals surface area contributed by atoms with E-state index in [2.05, 4.69) is 22.9 Å². The van der Waals surface area contributed by atoms with Crippen molar-refractivity contribution in [2.24, 2.45) is 5.92 Å². The van der Waals surface area contributed by atoms with E-state index < -0.39 is 0 Å². The maximum atomic E-state index is 13.0. The molecule has 19 heavy (non-hydrogen) atoms. The first-order chi connectivity index (χ1) is 9.24. The fourth-order valence-corrected chi connectivity index (χ4v) is 3.44. The lowest BCUT2D eigenvalue weighted by atomic mass is 9.84. The molecule has 1 nitrogen and oxygen atoms in total. The zero-order chi connectivity index (χ0) is 13.7. The van der Waals surface area contributed by atoms with E-state index in [1.807, 2.05) is 12.1 Å². The molecule has 0 N–H and O–H groups in total. The summed E-state index contributed by atoms with van der Waals surface area (Å²) in [6.07, 6.45) is 6.59. The third-order valence-electron chi connectivity index (χ3n) is 4.08. The van der Waals surface area contributed by atoms with Gasteiger partial charge in [0.05, 0.1) is 12.2 Å². The van der Waals surface area contributed by atoms with Crippen molar-refractivity contribution in [3.63, 3.8) is 0 Å². The molecule has 0 aromatic heterocycles. The summed E-state index contributed by atoms with van der Waals surface area (Å²) in [6, 6.07) is 6.66. The minimum Gasteiger partial charge on any atom is -0.369 e. The fourth-order valence-electron chi connectivity index (χ4n) is 2.91. The van der Waals surface area contributed by atoms with Gasteiger partial charge in [0.15, 0.2) is 0 Å². The molecule has 0 radical (unpaired) electrons. The summed E-state index contributed by atoms with van der Waals surface area (Å²) in [4.78, 5) is 0. The Morgan fingerprint density at radius 2 is 1.95 bits per heavy atom. The summed E-state index contributed by atoms with van der Waals surface area (Å²) in [5.41, 5.74) is 1.05. The van der Waals surface area contributed by atoms with Crippen molar-refractivity contribution in [2.45, 2.75) is 51.2 Å². The number of rotatable bonds is 5. The zero-order valence-electron chi connectivity index (χ0n) is 11.4. The van der Waals surface area contributed by atoms with Crippen LogP contribution in [0.1, 0.15) is 50.7 Å². The molecule has 0 saturated heterocycles. The molecule has 1 aliphatic rings. The Kier molecular flexibility index (Phi) is 5.83. The predicted molar refractivity (Wildman–Crippen MR) is 80.1 cm³/mol. The van der Waals surface area contributed by atoms with Crippen LogP contribution in [0.25, 0.3) is 0 Å². The number of benzene rings is 1. The maximum absolute atomic E-state index is 13.0. The number of alkyl halides is 1. The van der Waals surface area contributed by atoms with E-state index in [-0.39, 0.29) is 11.9 Å². The number of ether oxygens (including phenoxy) is 1. The van der Waals surface area contributed by atoms with Crippen molar-refractivity contribution < 1.29 is 9.13 Å². The van der Waals surface area contributed by atoms with Crippen LogP contribution in [0.5, 0.6) is 0 Å². The Labute approximate surface area is 123 Å². The van der Waals surface area contributed by atoms with Crippen LogP contribution in [0, 0.1) is 11.7 Å². The highest BCUT2D eigenvalue weighted by Gasteiger charge is 2.27. The van der Waals surface area contributed by atoms with E-state index >= 15 is 0 Å². The maximum Gasteiger partial charge on any atom is 0.123 e. The van der Waals surface area contributed by atoms with Crippen LogP contribution >= 0.6 is 15.9 Å². The van der Waals surface area contributed by atoms with Gasteiger partial charge in [0.1, 0.15) is 5.82 Å². The van der Waals surface area contributed by atoms with E-state index in [1.165, 1.54) is 37.8 Å². The lowest BCUT2D eigenvalue weighted by Crippen LogP contribution is -2.29. The van der Waals surface area contributed by atoms with Gasteiger partial charge in [-0.15, -0.1) is 0 Å². The van der Waals surface area contributed by atoms with Crippen LogP contribution < -0.4 is 0 Å². The van der Waals surface area contributed by atoms with E-state index in [9.17, 15) is 4.39 Å². The van der Waals surface area contributed by atoms with Crippen molar-refractivity contribution >= 4 is 15.9 Å². The van der Waals surface area contributed by atoms with Crippen molar-refractivity contribution in [2.75, 3.05) is 5.33 Å². The number of hydrogen-bond acceptors (Lipinski definition) is 1. The summed E-state index contributed by atoms with van der Waals surface area (Å²) >= 11 is 3.52. The summed E-state index contributed by atoms with van der Waals surface area (Å²) in [5, 5.41) is 0.756. The first kappa shape index (κ1) is 15.0. The molecule has 3 unspecified atom stereocenters. The molecule has 0 amide bonds. The van der Waals surface area contributed by atoms with Crippen molar-refractivity contribution in [1.29, 1.82) is 0 Å². The molecule has 0 spiro atoms. The predicted octanol–water partition coefficient (Wildman–Crippen LogP) is 5.25. The highest BCUT2D eigenvalue weighted by molar-refractivity contribution is 9.09. The molecule has 1 aromatic rings. The highest BCUT2D eigenvalue weighted by Crippen LogP contribution is 2.33. The molecule has 1 aromatic carbocycles. The largest absolute Gasteiger partial charge is 0.369 e. The molecular formula is C16H22BrFO. The van der Waals surface area contributed by atoms with E-state index in [0.717, 1.165) is 17.3 Å². The van der Waals surface area contributed by atoms with Gasteiger partial charge >= 0.3 is 0 Å². The Bertz CT molecular complexity index is 379. The van der Waals surface area contributed by atoms with Gasteiger partial charge in [0, 0.05) is 5.33 Å².